The van der Waals surface area contributed by atoms with Crippen LogP contribution in [0.3, 0.4) is 0 Å². The van der Waals surface area contributed by atoms with Gasteiger partial charge in [0, 0.05) is 18.1 Å². The van der Waals surface area contributed by atoms with Crippen molar-refractivity contribution in [2.75, 3.05) is 13.1 Å². The number of nitrogens with zero attached hydrogens (tertiary/aromatic N) is 1. The third-order valence-electron chi connectivity index (χ3n) is 5.19. The lowest BCUT2D eigenvalue weighted by atomic mass is 9.79. The molecule has 0 saturated carbocycles. The minimum Gasteiger partial charge on any atom is -0.389 e. The van der Waals surface area contributed by atoms with Crippen LogP contribution >= 0.6 is 11.6 Å². The lowest BCUT2D eigenvalue weighted by Crippen LogP contribution is -2.61. The fraction of sp³-hybridized carbons (Fsp3) is 0.238. The molecule has 1 amide bonds. The Morgan fingerprint density at radius 3 is 2.78 bits per heavy atom. The number of benzene rings is 2. The number of nitrogens with one attached hydrogen (secondary N) is 2. The van der Waals surface area contributed by atoms with E-state index in [0.29, 0.717) is 41.0 Å². The highest BCUT2D eigenvalue weighted by Crippen LogP contribution is 2.33. The van der Waals surface area contributed by atoms with E-state index in [-0.39, 0.29) is 5.91 Å². The number of carbonyl (C=O) groups excluding carboxylic acids is 1. The minimum atomic E-state index is -0.878. The number of rotatable bonds is 3. The summed E-state index contributed by atoms with van der Waals surface area (Å²) in [6.07, 6.45) is 1.49. The van der Waals surface area contributed by atoms with Crippen molar-refractivity contribution >= 4 is 28.4 Å². The summed E-state index contributed by atoms with van der Waals surface area (Å²) in [5.41, 5.74) is 1.08. The zero-order valence-electron chi connectivity index (χ0n) is 14.7. The van der Waals surface area contributed by atoms with E-state index in [1.165, 1.54) is 0 Å². The van der Waals surface area contributed by atoms with Gasteiger partial charge < -0.3 is 15.7 Å². The van der Waals surface area contributed by atoms with Gasteiger partial charge in [-0.15, -0.1) is 0 Å². The van der Waals surface area contributed by atoms with Crippen molar-refractivity contribution < 1.29 is 9.90 Å². The number of amides is 1. The number of carbonyl (C=O) groups is 1. The molecule has 4 rings (SSSR count). The molecule has 0 spiro atoms. The molecular weight excluding hydrogens is 362 g/mol. The number of pyridine rings is 1. The first-order chi connectivity index (χ1) is 13.1. The highest BCUT2D eigenvalue weighted by atomic mass is 35.5. The second-order valence-corrected chi connectivity index (χ2v) is 7.16. The van der Waals surface area contributed by atoms with Crippen LogP contribution in [0.25, 0.3) is 10.9 Å². The van der Waals surface area contributed by atoms with Gasteiger partial charge in [0.2, 0.25) is 0 Å². The van der Waals surface area contributed by atoms with Crippen LogP contribution in [0.5, 0.6) is 0 Å². The maximum Gasteiger partial charge on any atom is 0.254 e. The van der Waals surface area contributed by atoms with Crippen LogP contribution in [0, 0.1) is 0 Å². The number of aromatic nitrogens is 1. The van der Waals surface area contributed by atoms with Crippen molar-refractivity contribution in [3.63, 3.8) is 0 Å². The normalized spacial score (nSPS) is 22.5. The van der Waals surface area contributed by atoms with E-state index in [2.05, 4.69) is 15.6 Å². The first-order valence-corrected chi connectivity index (χ1v) is 9.30. The van der Waals surface area contributed by atoms with Crippen molar-refractivity contribution in [3.8, 4) is 0 Å². The number of hydrogen-bond donors (Lipinski definition) is 3. The molecule has 1 fully saturated rings. The molecule has 3 aromatic rings. The molecule has 138 valence electrons. The first-order valence-electron chi connectivity index (χ1n) is 8.92. The lowest BCUT2D eigenvalue weighted by molar-refractivity contribution is 0.0290. The van der Waals surface area contributed by atoms with Gasteiger partial charge in [-0.05, 0) is 36.7 Å². The SMILES string of the molecule is O=C(N[C@@]1(c2ccccc2)CCNC[C@H]1O)c1c(Cl)ccc2ncccc12. The van der Waals surface area contributed by atoms with Gasteiger partial charge in [-0.25, -0.2) is 0 Å². The summed E-state index contributed by atoms with van der Waals surface area (Å²) in [4.78, 5) is 17.6. The smallest absolute Gasteiger partial charge is 0.254 e. The Bertz CT molecular complexity index is 980. The van der Waals surface area contributed by atoms with E-state index in [9.17, 15) is 9.90 Å². The number of aliphatic hydroxyl groups excluding tert-OH is 1. The lowest BCUT2D eigenvalue weighted by Gasteiger charge is -2.43. The summed E-state index contributed by atoms with van der Waals surface area (Å²) >= 11 is 6.38. The van der Waals surface area contributed by atoms with E-state index in [1.54, 1.807) is 24.4 Å². The number of aliphatic hydroxyl groups is 1. The molecule has 1 aromatic heterocycles. The van der Waals surface area contributed by atoms with Gasteiger partial charge in [-0.3, -0.25) is 9.78 Å². The molecular formula is C21H20ClN3O2. The fourth-order valence-electron chi connectivity index (χ4n) is 3.78. The van der Waals surface area contributed by atoms with Crippen molar-refractivity contribution in [1.82, 2.24) is 15.6 Å². The van der Waals surface area contributed by atoms with Gasteiger partial charge in [-0.1, -0.05) is 48.0 Å². The van der Waals surface area contributed by atoms with Crippen LogP contribution in [-0.2, 0) is 5.54 Å². The standard InChI is InChI=1S/C21H20ClN3O2/c22-16-8-9-17-15(7-4-11-24-17)19(16)20(27)25-21(10-12-23-13-18(21)26)14-5-2-1-3-6-14/h1-9,11,18,23,26H,10,12-13H2,(H,25,27)/t18-,21-/m1/s1. The Kier molecular flexibility index (Phi) is 4.83. The third-order valence-corrected chi connectivity index (χ3v) is 5.50. The second kappa shape index (κ2) is 7.27. The first kappa shape index (κ1) is 17.9. The van der Waals surface area contributed by atoms with Crippen molar-refractivity contribution in [2.24, 2.45) is 0 Å². The highest BCUT2D eigenvalue weighted by molar-refractivity contribution is 6.35. The molecule has 1 aliphatic rings. The maximum absolute atomic E-state index is 13.3. The zero-order valence-corrected chi connectivity index (χ0v) is 15.4. The zero-order chi connectivity index (χ0) is 18.9. The third kappa shape index (κ3) is 3.18. The number of hydrogen-bond acceptors (Lipinski definition) is 4. The molecule has 2 heterocycles. The van der Waals surface area contributed by atoms with Crippen LogP contribution in [0.2, 0.25) is 5.02 Å². The molecule has 0 bridgehead atoms. The van der Waals surface area contributed by atoms with E-state index >= 15 is 0 Å². The molecule has 0 aliphatic carbocycles. The van der Waals surface area contributed by atoms with Crippen LogP contribution in [0.4, 0.5) is 0 Å². The molecule has 0 unspecified atom stereocenters. The molecule has 5 nitrogen and oxygen atoms in total. The van der Waals surface area contributed by atoms with E-state index in [0.717, 1.165) is 5.56 Å². The van der Waals surface area contributed by atoms with E-state index < -0.39 is 11.6 Å². The van der Waals surface area contributed by atoms with Gasteiger partial charge in [0.25, 0.3) is 5.91 Å². The summed E-state index contributed by atoms with van der Waals surface area (Å²) in [5, 5.41) is 18.2. The van der Waals surface area contributed by atoms with Crippen molar-refractivity contribution in [2.45, 2.75) is 18.1 Å². The summed E-state index contributed by atoms with van der Waals surface area (Å²) in [5.74, 6) is -0.316. The Balaban J connectivity index is 1.79. The monoisotopic (exact) mass is 381 g/mol. The van der Waals surface area contributed by atoms with Gasteiger partial charge in [0.05, 0.1) is 27.7 Å². The largest absolute Gasteiger partial charge is 0.389 e. The summed E-state index contributed by atoms with van der Waals surface area (Å²) in [6.45, 7) is 1.09. The average Bonchev–Trinajstić information content (AvgIpc) is 2.70. The number of halogens is 1. The Morgan fingerprint density at radius 1 is 1.19 bits per heavy atom. The van der Waals surface area contributed by atoms with E-state index in [4.69, 9.17) is 11.6 Å². The topological polar surface area (TPSA) is 74.2 Å². The number of piperidine rings is 1. The molecule has 1 aliphatic heterocycles. The fourth-order valence-corrected chi connectivity index (χ4v) is 4.03. The Hall–Kier alpha value is -2.47. The Labute approximate surface area is 162 Å². The highest BCUT2D eigenvalue weighted by Gasteiger charge is 2.43. The quantitative estimate of drug-likeness (QED) is 0.652. The molecule has 3 N–H and O–H groups in total. The van der Waals surface area contributed by atoms with Crippen molar-refractivity contribution in [1.29, 1.82) is 0 Å². The minimum absolute atomic E-state index is 0.316. The molecule has 0 radical (unpaired) electrons. The van der Waals surface area contributed by atoms with Crippen molar-refractivity contribution in [3.05, 3.63) is 76.9 Å². The summed E-state index contributed by atoms with van der Waals surface area (Å²) in [6, 6.07) is 16.7. The summed E-state index contributed by atoms with van der Waals surface area (Å²) in [7, 11) is 0. The Morgan fingerprint density at radius 2 is 2.00 bits per heavy atom. The van der Waals surface area contributed by atoms with Gasteiger partial charge in [0.15, 0.2) is 0 Å². The van der Waals surface area contributed by atoms with Gasteiger partial charge in [-0.2, -0.15) is 0 Å². The second-order valence-electron chi connectivity index (χ2n) is 6.75. The molecule has 6 heteroatoms. The number of β-amino-alcohol motifs (C(OH)–C–C–N with tert-alkyl or cyclic N) is 1. The molecule has 2 aromatic carbocycles. The molecule has 27 heavy (non-hydrogen) atoms. The van der Waals surface area contributed by atoms with Crippen LogP contribution in [-0.4, -0.2) is 35.2 Å². The maximum atomic E-state index is 13.3. The summed E-state index contributed by atoms with van der Waals surface area (Å²) < 4.78 is 0. The van der Waals surface area contributed by atoms with Crippen LogP contribution in [0.1, 0.15) is 22.3 Å². The van der Waals surface area contributed by atoms with E-state index in [1.807, 2.05) is 36.4 Å². The predicted octanol–water partition coefficient (Wildman–Crippen LogP) is 2.87. The van der Waals surface area contributed by atoms with Crippen LogP contribution in [0.15, 0.2) is 60.8 Å². The predicted molar refractivity (Wildman–Crippen MR) is 106 cm³/mol. The van der Waals surface area contributed by atoms with Gasteiger partial charge >= 0.3 is 0 Å². The molecule has 1 saturated heterocycles. The average molecular weight is 382 g/mol. The molecule has 2 atom stereocenters. The number of fused-ring (bicyclic) bond motifs is 1. The van der Waals surface area contributed by atoms with Gasteiger partial charge in [0.1, 0.15) is 0 Å². The van der Waals surface area contributed by atoms with Crippen LogP contribution < -0.4 is 10.6 Å².